The van der Waals surface area contributed by atoms with Gasteiger partial charge in [0.25, 0.3) is 17.6 Å². The number of ketones is 1. The number of carbonyl (C=O) groups is 5. The van der Waals surface area contributed by atoms with Gasteiger partial charge in [0.2, 0.25) is 0 Å². The number of anilines is 1. The fraction of sp³-hybridized carbons (Fsp3) is 0.269. The van der Waals surface area contributed by atoms with Gasteiger partial charge in [0.15, 0.2) is 0 Å². The summed E-state index contributed by atoms with van der Waals surface area (Å²) in [5.41, 5.74) is 0.670. The maximum absolute atomic E-state index is 14.8. The molecule has 3 aromatic rings. The van der Waals surface area contributed by atoms with E-state index in [1.54, 1.807) is 29.2 Å². The van der Waals surface area contributed by atoms with Crippen LogP contribution in [0.15, 0.2) is 48.7 Å². The van der Waals surface area contributed by atoms with Crippen LogP contribution >= 0.6 is 0 Å². The number of urea groups is 1. The van der Waals surface area contributed by atoms with Crippen LogP contribution in [0, 0.1) is 5.82 Å². The molecule has 11 nitrogen and oxygen atoms in total. The highest BCUT2D eigenvalue weighted by Gasteiger charge is 2.31. The molecule has 1 fully saturated rings. The van der Waals surface area contributed by atoms with E-state index in [-0.39, 0.29) is 73.6 Å². The van der Waals surface area contributed by atoms with Gasteiger partial charge >= 0.3 is 12.0 Å². The van der Waals surface area contributed by atoms with Crippen molar-refractivity contribution in [2.75, 3.05) is 38.0 Å². The number of hydrogen-bond acceptors (Lipinski definition) is 5. The van der Waals surface area contributed by atoms with E-state index >= 15 is 0 Å². The lowest BCUT2D eigenvalue weighted by Gasteiger charge is -2.34. The summed E-state index contributed by atoms with van der Waals surface area (Å²) in [6.07, 6.45) is 1.36. The average molecular weight is 524 g/mol. The van der Waals surface area contributed by atoms with Crippen LogP contribution in [0.4, 0.5) is 14.9 Å². The third-order valence-electron chi connectivity index (χ3n) is 6.20. The Kier molecular flexibility index (Phi) is 8.00. The number of aliphatic carboxylic acids is 1. The van der Waals surface area contributed by atoms with Gasteiger partial charge in [-0.15, -0.1) is 0 Å². The number of nitrogens with one attached hydrogen (secondary N) is 3. The van der Waals surface area contributed by atoms with E-state index in [4.69, 9.17) is 5.11 Å². The summed E-state index contributed by atoms with van der Waals surface area (Å²) in [5, 5.41) is 13.6. The minimum Gasteiger partial charge on any atom is -0.481 e. The molecule has 0 bridgehead atoms. The number of aromatic amines is 1. The van der Waals surface area contributed by atoms with Crippen LogP contribution < -0.4 is 10.6 Å². The van der Waals surface area contributed by atoms with Crippen LogP contribution in [0.1, 0.15) is 33.6 Å². The second kappa shape index (κ2) is 11.5. The molecule has 0 radical (unpaired) electrons. The van der Waals surface area contributed by atoms with E-state index in [0.717, 1.165) is 6.07 Å². The number of carbonyl (C=O) groups excluding carboxylic acids is 4. The number of aromatic nitrogens is 1. The van der Waals surface area contributed by atoms with Crippen molar-refractivity contribution in [1.82, 2.24) is 20.1 Å². The minimum absolute atomic E-state index is 0.102. The van der Waals surface area contributed by atoms with E-state index in [2.05, 4.69) is 15.6 Å². The SMILES string of the molecule is O=C(O)CCCNC(=O)Nc1ccc(F)c2c(C(=O)C(=O)N3CCN(C(=O)c4ccccc4)CC3)c[nH]c12. The molecule has 0 spiro atoms. The molecular formula is C26H26FN5O6. The summed E-state index contributed by atoms with van der Waals surface area (Å²) in [7, 11) is 0. The lowest BCUT2D eigenvalue weighted by molar-refractivity contribution is -0.137. The number of Topliss-reactive ketones (excluding diaryl/α,β-unsaturated/α-hetero) is 1. The fourth-order valence-corrected chi connectivity index (χ4v) is 4.23. The summed E-state index contributed by atoms with van der Waals surface area (Å²) in [4.78, 5) is 67.1. The molecule has 0 saturated carbocycles. The molecule has 12 heteroatoms. The van der Waals surface area contributed by atoms with Crippen LogP contribution in [0.2, 0.25) is 0 Å². The summed E-state index contributed by atoms with van der Waals surface area (Å²) >= 11 is 0. The van der Waals surface area contributed by atoms with E-state index in [1.165, 1.54) is 17.2 Å². The highest BCUT2D eigenvalue weighted by Crippen LogP contribution is 2.29. The molecule has 1 saturated heterocycles. The molecular weight excluding hydrogens is 497 g/mol. The third-order valence-corrected chi connectivity index (χ3v) is 6.20. The van der Waals surface area contributed by atoms with Crippen LogP contribution in [-0.2, 0) is 9.59 Å². The first-order valence-corrected chi connectivity index (χ1v) is 12.0. The molecule has 0 unspecified atom stereocenters. The lowest BCUT2D eigenvalue weighted by atomic mass is 10.1. The number of halogens is 1. The van der Waals surface area contributed by atoms with E-state index in [9.17, 15) is 28.4 Å². The molecule has 4 rings (SSSR count). The quantitative estimate of drug-likeness (QED) is 0.202. The Labute approximate surface area is 216 Å². The Balaban J connectivity index is 1.41. The lowest BCUT2D eigenvalue weighted by Crippen LogP contribution is -2.52. The smallest absolute Gasteiger partial charge is 0.319 e. The number of benzene rings is 2. The molecule has 2 aromatic carbocycles. The van der Waals surface area contributed by atoms with Crippen molar-refractivity contribution in [1.29, 1.82) is 0 Å². The number of hydrogen-bond donors (Lipinski definition) is 4. The highest BCUT2D eigenvalue weighted by atomic mass is 19.1. The maximum Gasteiger partial charge on any atom is 0.319 e. The number of carboxylic acids is 1. The van der Waals surface area contributed by atoms with Crippen LogP contribution in [-0.4, -0.2) is 82.2 Å². The number of carboxylic acid groups (broad SMARTS) is 1. The second-order valence-electron chi connectivity index (χ2n) is 8.71. The van der Waals surface area contributed by atoms with Gasteiger partial charge in [0.05, 0.1) is 16.8 Å². The molecule has 198 valence electrons. The standard InChI is InChI=1S/C26H26FN5O6/c27-18-8-9-19(30-26(38)28-10-4-7-20(33)34)22-21(18)17(15-29-22)23(35)25(37)32-13-11-31(12-14-32)24(36)16-5-2-1-3-6-16/h1-3,5-6,8-9,15,29H,4,7,10-14H2,(H,33,34)(H2,28,30,38). The van der Waals surface area contributed by atoms with E-state index in [1.807, 2.05) is 6.07 Å². The number of rotatable bonds is 8. The molecule has 4 N–H and O–H groups in total. The summed E-state index contributed by atoms with van der Waals surface area (Å²) in [6.45, 7) is 0.941. The normalized spacial score (nSPS) is 13.3. The number of piperazine rings is 1. The van der Waals surface area contributed by atoms with Gasteiger partial charge < -0.3 is 30.5 Å². The number of amides is 4. The number of fused-ring (bicyclic) bond motifs is 1. The first-order valence-electron chi connectivity index (χ1n) is 12.0. The Morgan fingerprint density at radius 2 is 1.63 bits per heavy atom. The first-order chi connectivity index (χ1) is 18.3. The molecule has 0 atom stereocenters. The Morgan fingerprint density at radius 1 is 0.947 bits per heavy atom. The third kappa shape index (κ3) is 5.80. The molecule has 1 aromatic heterocycles. The first kappa shape index (κ1) is 26.3. The largest absolute Gasteiger partial charge is 0.481 e. The Morgan fingerprint density at radius 3 is 2.32 bits per heavy atom. The average Bonchev–Trinajstić information content (AvgIpc) is 3.38. The molecule has 1 aliphatic rings. The predicted octanol–water partition coefficient (Wildman–Crippen LogP) is 2.46. The van der Waals surface area contributed by atoms with Crippen molar-refractivity contribution in [2.45, 2.75) is 12.8 Å². The summed E-state index contributed by atoms with van der Waals surface area (Å²) in [5.74, 6) is -3.61. The van der Waals surface area contributed by atoms with Crippen molar-refractivity contribution in [3.63, 3.8) is 0 Å². The van der Waals surface area contributed by atoms with Gasteiger partial charge in [0.1, 0.15) is 5.82 Å². The summed E-state index contributed by atoms with van der Waals surface area (Å²) in [6, 6.07) is 10.5. The maximum atomic E-state index is 14.8. The summed E-state index contributed by atoms with van der Waals surface area (Å²) < 4.78 is 14.8. The number of nitrogens with zero attached hydrogens (tertiary/aromatic N) is 2. The molecule has 2 heterocycles. The van der Waals surface area contributed by atoms with Gasteiger partial charge in [-0.2, -0.15) is 0 Å². The minimum atomic E-state index is -0.979. The van der Waals surface area contributed by atoms with Gasteiger partial charge in [-0.05, 0) is 30.7 Å². The molecule has 1 aliphatic heterocycles. The fourth-order valence-electron chi connectivity index (χ4n) is 4.23. The molecule has 38 heavy (non-hydrogen) atoms. The van der Waals surface area contributed by atoms with Crippen LogP contribution in [0.25, 0.3) is 10.9 Å². The topological polar surface area (TPSA) is 152 Å². The van der Waals surface area contributed by atoms with E-state index < -0.39 is 29.5 Å². The van der Waals surface area contributed by atoms with Gasteiger partial charge in [-0.1, -0.05) is 18.2 Å². The van der Waals surface area contributed by atoms with Gasteiger partial charge in [-0.25, -0.2) is 9.18 Å². The van der Waals surface area contributed by atoms with Gasteiger partial charge in [-0.3, -0.25) is 19.2 Å². The Hall–Kier alpha value is -4.74. The Bertz CT molecular complexity index is 1380. The van der Waals surface area contributed by atoms with Crippen LogP contribution in [0.5, 0.6) is 0 Å². The molecule has 0 aliphatic carbocycles. The highest BCUT2D eigenvalue weighted by molar-refractivity contribution is 6.45. The molecule has 4 amide bonds. The van der Waals surface area contributed by atoms with Crippen molar-refractivity contribution in [3.05, 3.63) is 65.6 Å². The van der Waals surface area contributed by atoms with Crippen LogP contribution in [0.3, 0.4) is 0 Å². The monoisotopic (exact) mass is 523 g/mol. The van der Waals surface area contributed by atoms with Crippen molar-refractivity contribution >= 4 is 46.2 Å². The zero-order valence-corrected chi connectivity index (χ0v) is 20.3. The van der Waals surface area contributed by atoms with Crippen molar-refractivity contribution < 1.29 is 33.5 Å². The second-order valence-corrected chi connectivity index (χ2v) is 8.71. The zero-order chi connectivity index (χ0) is 27.2. The van der Waals surface area contributed by atoms with Crippen molar-refractivity contribution in [2.24, 2.45) is 0 Å². The predicted molar refractivity (Wildman–Crippen MR) is 135 cm³/mol. The zero-order valence-electron chi connectivity index (χ0n) is 20.3. The number of H-pyrrole nitrogens is 1. The van der Waals surface area contributed by atoms with Crippen molar-refractivity contribution in [3.8, 4) is 0 Å². The van der Waals surface area contributed by atoms with Gasteiger partial charge in [0, 0.05) is 56.3 Å². The van der Waals surface area contributed by atoms with E-state index in [0.29, 0.717) is 5.56 Å².